The molecular weight excluding hydrogens is 486 g/mol. The molecule has 0 fully saturated rings. The molecule has 0 unspecified atom stereocenters. The highest BCUT2D eigenvalue weighted by molar-refractivity contribution is 9.10. The van der Waals surface area contributed by atoms with Crippen molar-refractivity contribution in [3.63, 3.8) is 0 Å². The number of rotatable bonds is 10. The number of amides is 2. The van der Waals surface area contributed by atoms with Crippen molar-refractivity contribution in [1.29, 1.82) is 0 Å². The predicted molar refractivity (Wildman–Crippen MR) is 132 cm³/mol. The summed E-state index contributed by atoms with van der Waals surface area (Å²) in [6.07, 6.45) is 1.58. The molecule has 0 aliphatic rings. The fourth-order valence-corrected chi connectivity index (χ4v) is 3.08. The van der Waals surface area contributed by atoms with Crippen LogP contribution in [0.3, 0.4) is 0 Å². The second kappa shape index (κ2) is 12.4. The lowest BCUT2D eigenvalue weighted by Crippen LogP contribution is -2.20. The van der Waals surface area contributed by atoms with Crippen LogP contribution < -0.4 is 20.2 Å². The molecule has 0 atom stereocenters. The number of carbonyl (C=O) groups is 2. The maximum Gasteiger partial charge on any atom is 0.240 e. The smallest absolute Gasteiger partial charge is 0.240 e. The fraction of sp³-hybridized carbons (Fsp3) is 0.160. The molecule has 0 heterocycles. The molecule has 0 spiro atoms. The Labute approximate surface area is 200 Å². The Morgan fingerprint density at radius 2 is 1.64 bits per heavy atom. The lowest BCUT2D eigenvalue weighted by molar-refractivity contribution is -0.124. The maximum atomic E-state index is 12.0. The number of halogens is 1. The van der Waals surface area contributed by atoms with Gasteiger partial charge < -0.3 is 14.8 Å². The first-order valence-corrected chi connectivity index (χ1v) is 11.0. The molecule has 7 nitrogen and oxygen atoms in total. The van der Waals surface area contributed by atoms with E-state index < -0.39 is 0 Å². The molecule has 0 aromatic heterocycles. The minimum Gasteiger partial charge on any atom is -0.497 e. The van der Waals surface area contributed by atoms with Crippen molar-refractivity contribution in [3.8, 4) is 11.5 Å². The molecule has 8 heteroatoms. The number of anilines is 1. The van der Waals surface area contributed by atoms with Crippen LogP contribution >= 0.6 is 15.9 Å². The summed E-state index contributed by atoms with van der Waals surface area (Å²) in [6.45, 7) is 0.411. The lowest BCUT2D eigenvalue weighted by Gasteiger charge is -2.09. The van der Waals surface area contributed by atoms with E-state index in [1.807, 2.05) is 48.5 Å². The molecule has 2 amide bonds. The number of methoxy groups -OCH3 is 1. The molecule has 3 rings (SSSR count). The second-order valence-corrected chi connectivity index (χ2v) is 7.94. The van der Waals surface area contributed by atoms with E-state index in [2.05, 4.69) is 31.8 Å². The van der Waals surface area contributed by atoms with Gasteiger partial charge in [0, 0.05) is 28.6 Å². The lowest BCUT2D eigenvalue weighted by atomic mass is 10.2. The Morgan fingerprint density at radius 3 is 2.36 bits per heavy atom. The number of nitrogens with one attached hydrogen (secondary N) is 2. The Morgan fingerprint density at radius 1 is 0.939 bits per heavy atom. The third-order valence-corrected chi connectivity index (χ3v) is 5.10. The Kier molecular flexibility index (Phi) is 9.02. The minimum absolute atomic E-state index is 0.0149. The van der Waals surface area contributed by atoms with Crippen LogP contribution in [0.25, 0.3) is 0 Å². The molecule has 0 bridgehead atoms. The van der Waals surface area contributed by atoms with Crippen molar-refractivity contribution >= 4 is 39.6 Å². The number of para-hydroxylation sites is 1. The largest absolute Gasteiger partial charge is 0.497 e. The van der Waals surface area contributed by atoms with Gasteiger partial charge in [0.2, 0.25) is 11.8 Å². The number of carbonyl (C=O) groups excluding carboxylic acids is 2. The first-order valence-electron chi connectivity index (χ1n) is 10.3. The van der Waals surface area contributed by atoms with Gasteiger partial charge in [-0.05, 0) is 54.1 Å². The first kappa shape index (κ1) is 24.0. The monoisotopic (exact) mass is 509 g/mol. The van der Waals surface area contributed by atoms with Crippen LogP contribution in [-0.2, 0) is 16.2 Å². The summed E-state index contributed by atoms with van der Waals surface area (Å²) in [5.41, 5.74) is 4.85. The van der Waals surface area contributed by atoms with Gasteiger partial charge in [-0.2, -0.15) is 5.10 Å². The molecule has 3 aromatic carbocycles. The average Bonchev–Trinajstić information content (AvgIpc) is 2.83. The van der Waals surface area contributed by atoms with Crippen LogP contribution in [0.4, 0.5) is 5.69 Å². The summed E-state index contributed by atoms with van der Waals surface area (Å²) in [4.78, 5) is 24.1. The number of nitrogens with zero attached hydrogens (tertiary/aromatic N) is 1. The van der Waals surface area contributed by atoms with Crippen LogP contribution in [0.5, 0.6) is 11.5 Å². The van der Waals surface area contributed by atoms with Crippen LogP contribution in [0.15, 0.2) is 82.4 Å². The van der Waals surface area contributed by atoms with Gasteiger partial charge in [0.25, 0.3) is 0 Å². The van der Waals surface area contributed by atoms with Crippen molar-refractivity contribution in [2.75, 3.05) is 12.4 Å². The van der Waals surface area contributed by atoms with Gasteiger partial charge in [-0.25, -0.2) is 5.43 Å². The normalized spacial score (nSPS) is 10.6. The van der Waals surface area contributed by atoms with Crippen molar-refractivity contribution < 1.29 is 19.1 Å². The number of hydrazone groups is 1. The Hall–Kier alpha value is -3.65. The third kappa shape index (κ3) is 8.08. The maximum absolute atomic E-state index is 12.0. The predicted octanol–water partition coefficient (Wildman–Crippen LogP) is 4.91. The van der Waals surface area contributed by atoms with E-state index in [4.69, 9.17) is 9.47 Å². The van der Waals surface area contributed by atoms with E-state index in [0.717, 1.165) is 15.6 Å². The molecule has 0 saturated heterocycles. The summed E-state index contributed by atoms with van der Waals surface area (Å²) in [7, 11) is 1.57. The van der Waals surface area contributed by atoms with Crippen LogP contribution in [0.2, 0.25) is 0 Å². The molecule has 33 heavy (non-hydrogen) atoms. The summed E-state index contributed by atoms with van der Waals surface area (Å²) in [5.74, 6) is 0.734. The third-order valence-electron chi connectivity index (χ3n) is 4.57. The van der Waals surface area contributed by atoms with Gasteiger partial charge in [0.15, 0.2) is 0 Å². The van der Waals surface area contributed by atoms with E-state index >= 15 is 0 Å². The zero-order valence-corrected chi connectivity index (χ0v) is 19.7. The first-order chi connectivity index (χ1) is 16.0. The zero-order valence-electron chi connectivity index (χ0n) is 18.1. The number of hydrogen-bond donors (Lipinski definition) is 2. The second-order valence-electron chi connectivity index (χ2n) is 7.02. The fourth-order valence-electron chi connectivity index (χ4n) is 2.81. The molecule has 0 aliphatic carbocycles. The zero-order chi connectivity index (χ0) is 23.5. The van der Waals surface area contributed by atoms with Crippen LogP contribution in [-0.4, -0.2) is 25.1 Å². The highest BCUT2D eigenvalue weighted by Crippen LogP contribution is 2.19. The summed E-state index contributed by atoms with van der Waals surface area (Å²) in [5, 5.41) is 6.73. The van der Waals surface area contributed by atoms with E-state index in [1.165, 1.54) is 6.21 Å². The number of benzene rings is 3. The van der Waals surface area contributed by atoms with Crippen molar-refractivity contribution in [2.45, 2.75) is 19.4 Å². The summed E-state index contributed by atoms with van der Waals surface area (Å²) >= 11 is 3.41. The Bertz CT molecular complexity index is 1100. The molecule has 0 radical (unpaired) electrons. The van der Waals surface area contributed by atoms with E-state index in [1.54, 1.807) is 31.4 Å². The van der Waals surface area contributed by atoms with Crippen LogP contribution in [0.1, 0.15) is 24.0 Å². The summed E-state index contributed by atoms with van der Waals surface area (Å²) < 4.78 is 12.0. The topological polar surface area (TPSA) is 89.0 Å². The number of hydrogen-bond acceptors (Lipinski definition) is 5. The number of ether oxygens (including phenoxy) is 2. The highest BCUT2D eigenvalue weighted by atomic mass is 79.9. The average molecular weight is 510 g/mol. The minimum atomic E-state index is -0.357. The van der Waals surface area contributed by atoms with Gasteiger partial charge in [-0.1, -0.05) is 40.2 Å². The SMILES string of the molecule is COc1ccc(NC(=O)CCC(=O)N/N=C\c2ccccc2OCc2ccc(Br)cc2)cc1. The van der Waals surface area contributed by atoms with Crippen molar-refractivity contribution in [1.82, 2.24) is 5.43 Å². The quantitative estimate of drug-likeness (QED) is 0.300. The molecule has 2 N–H and O–H groups in total. The van der Waals surface area contributed by atoms with Gasteiger partial charge in [-0.3, -0.25) is 9.59 Å². The standard InChI is InChI=1S/C25H24BrN3O4/c1-32-22-12-10-21(11-13-22)28-24(30)14-15-25(31)29-27-16-19-4-2-3-5-23(19)33-17-18-6-8-20(26)9-7-18/h2-13,16H,14-15,17H2,1H3,(H,28,30)(H,29,31)/b27-16-. The van der Waals surface area contributed by atoms with Crippen LogP contribution in [0, 0.1) is 0 Å². The van der Waals surface area contributed by atoms with Crippen molar-refractivity contribution in [3.05, 3.63) is 88.4 Å². The molecule has 170 valence electrons. The molecular formula is C25H24BrN3O4. The van der Waals surface area contributed by atoms with E-state index in [-0.39, 0.29) is 24.7 Å². The molecule has 0 saturated carbocycles. The van der Waals surface area contributed by atoms with E-state index in [9.17, 15) is 9.59 Å². The van der Waals surface area contributed by atoms with Gasteiger partial charge in [-0.15, -0.1) is 0 Å². The molecule has 0 aliphatic heterocycles. The van der Waals surface area contributed by atoms with Gasteiger partial charge in [0.1, 0.15) is 18.1 Å². The van der Waals surface area contributed by atoms with Gasteiger partial charge in [0.05, 0.1) is 13.3 Å². The highest BCUT2D eigenvalue weighted by Gasteiger charge is 2.07. The van der Waals surface area contributed by atoms with Gasteiger partial charge >= 0.3 is 0 Å². The molecule has 3 aromatic rings. The van der Waals surface area contributed by atoms with E-state index in [0.29, 0.717) is 23.8 Å². The van der Waals surface area contributed by atoms with Crippen molar-refractivity contribution in [2.24, 2.45) is 5.10 Å². The Balaban J connectivity index is 1.44. The summed E-state index contributed by atoms with van der Waals surface area (Å²) in [6, 6.07) is 22.2.